The number of hydrogen-bond acceptors (Lipinski definition) is 1. The summed E-state index contributed by atoms with van der Waals surface area (Å²) in [4.78, 5) is 13.9. The number of rotatable bonds is 2. The Morgan fingerprint density at radius 3 is 2.55 bits per heavy atom. The van der Waals surface area contributed by atoms with Crippen molar-refractivity contribution < 1.29 is 4.79 Å². The number of aromatic amines is 1. The Labute approximate surface area is 66.6 Å². The highest BCUT2D eigenvalue weighted by Gasteiger charge is 2.05. The van der Waals surface area contributed by atoms with E-state index >= 15 is 0 Å². The van der Waals surface area contributed by atoms with Gasteiger partial charge in [-0.1, -0.05) is 0 Å². The maximum Gasteiger partial charge on any atom is 0.134 e. The van der Waals surface area contributed by atoms with Crippen molar-refractivity contribution in [1.29, 1.82) is 0 Å². The molecule has 0 spiro atoms. The standard InChI is InChI=1S/C9H13NO/c1-6-5-10-8(3)9(6)4-7(2)11/h5,10H,4H2,1-3H3. The lowest BCUT2D eigenvalue weighted by molar-refractivity contribution is -0.116. The van der Waals surface area contributed by atoms with Gasteiger partial charge in [-0.15, -0.1) is 0 Å². The van der Waals surface area contributed by atoms with Crippen LogP contribution in [-0.4, -0.2) is 10.8 Å². The van der Waals surface area contributed by atoms with Gasteiger partial charge in [0.2, 0.25) is 0 Å². The topological polar surface area (TPSA) is 32.9 Å². The van der Waals surface area contributed by atoms with Crippen molar-refractivity contribution in [3.8, 4) is 0 Å². The summed E-state index contributed by atoms with van der Waals surface area (Å²) < 4.78 is 0. The Bertz CT molecular complexity index is 254. The van der Waals surface area contributed by atoms with Crippen LogP contribution in [-0.2, 0) is 11.2 Å². The van der Waals surface area contributed by atoms with Crippen LogP contribution in [0.15, 0.2) is 6.20 Å². The predicted molar refractivity (Wildman–Crippen MR) is 44.7 cm³/mol. The number of nitrogens with one attached hydrogen (secondary N) is 1. The minimum Gasteiger partial charge on any atom is -0.365 e. The Kier molecular flexibility index (Phi) is 2.13. The molecule has 60 valence electrons. The van der Waals surface area contributed by atoms with Crippen molar-refractivity contribution in [3.63, 3.8) is 0 Å². The molecule has 0 aliphatic heterocycles. The zero-order chi connectivity index (χ0) is 8.43. The van der Waals surface area contributed by atoms with Gasteiger partial charge in [0.1, 0.15) is 5.78 Å². The summed E-state index contributed by atoms with van der Waals surface area (Å²) in [5.41, 5.74) is 3.44. The van der Waals surface area contributed by atoms with E-state index < -0.39 is 0 Å². The molecule has 0 unspecified atom stereocenters. The minimum atomic E-state index is 0.218. The molecular weight excluding hydrogens is 138 g/mol. The first-order valence-electron chi connectivity index (χ1n) is 3.74. The molecule has 0 saturated heterocycles. The molecule has 1 aromatic heterocycles. The molecule has 0 radical (unpaired) electrons. The minimum absolute atomic E-state index is 0.218. The smallest absolute Gasteiger partial charge is 0.134 e. The summed E-state index contributed by atoms with van der Waals surface area (Å²) >= 11 is 0. The highest BCUT2D eigenvalue weighted by molar-refractivity contribution is 5.78. The molecule has 0 bridgehead atoms. The number of carbonyl (C=O) groups excluding carboxylic acids is 1. The van der Waals surface area contributed by atoms with E-state index in [-0.39, 0.29) is 5.78 Å². The van der Waals surface area contributed by atoms with Crippen LogP contribution in [0.1, 0.15) is 23.7 Å². The largest absolute Gasteiger partial charge is 0.365 e. The van der Waals surface area contributed by atoms with Gasteiger partial charge in [-0.05, 0) is 31.9 Å². The monoisotopic (exact) mass is 151 g/mol. The van der Waals surface area contributed by atoms with Crippen molar-refractivity contribution in [2.45, 2.75) is 27.2 Å². The molecule has 0 fully saturated rings. The zero-order valence-electron chi connectivity index (χ0n) is 7.19. The molecule has 0 aromatic carbocycles. The second-order valence-corrected chi connectivity index (χ2v) is 2.95. The van der Waals surface area contributed by atoms with Crippen molar-refractivity contribution in [2.75, 3.05) is 0 Å². The number of Topliss-reactive ketones (excluding diaryl/α,β-unsaturated/α-hetero) is 1. The van der Waals surface area contributed by atoms with E-state index in [0.29, 0.717) is 6.42 Å². The van der Waals surface area contributed by atoms with Gasteiger partial charge in [0, 0.05) is 18.3 Å². The number of H-pyrrole nitrogens is 1. The molecule has 0 aliphatic carbocycles. The number of aromatic nitrogens is 1. The molecule has 2 heteroatoms. The quantitative estimate of drug-likeness (QED) is 0.686. The lowest BCUT2D eigenvalue weighted by Gasteiger charge is -1.96. The molecule has 0 saturated carbocycles. The Morgan fingerprint density at radius 1 is 1.55 bits per heavy atom. The van der Waals surface area contributed by atoms with Crippen LogP contribution in [0.2, 0.25) is 0 Å². The van der Waals surface area contributed by atoms with Crippen LogP contribution < -0.4 is 0 Å². The lowest BCUT2D eigenvalue weighted by atomic mass is 10.1. The van der Waals surface area contributed by atoms with Gasteiger partial charge in [-0.3, -0.25) is 4.79 Å². The number of ketones is 1. The Morgan fingerprint density at radius 2 is 2.18 bits per heavy atom. The lowest BCUT2D eigenvalue weighted by Crippen LogP contribution is -1.98. The Balaban J connectivity index is 2.92. The van der Waals surface area contributed by atoms with Gasteiger partial charge in [-0.25, -0.2) is 0 Å². The van der Waals surface area contributed by atoms with E-state index in [4.69, 9.17) is 0 Å². The van der Waals surface area contributed by atoms with Crippen LogP contribution in [0.4, 0.5) is 0 Å². The molecule has 1 rings (SSSR count). The Hall–Kier alpha value is -1.05. The second kappa shape index (κ2) is 2.91. The molecule has 0 atom stereocenters. The van der Waals surface area contributed by atoms with E-state index in [2.05, 4.69) is 4.98 Å². The van der Waals surface area contributed by atoms with Gasteiger partial charge in [0.25, 0.3) is 0 Å². The zero-order valence-corrected chi connectivity index (χ0v) is 7.19. The predicted octanol–water partition coefficient (Wildman–Crippen LogP) is 1.76. The third-order valence-electron chi connectivity index (χ3n) is 1.86. The molecule has 11 heavy (non-hydrogen) atoms. The van der Waals surface area contributed by atoms with Crippen LogP contribution in [0.5, 0.6) is 0 Å². The van der Waals surface area contributed by atoms with Crippen molar-refractivity contribution in [2.24, 2.45) is 0 Å². The maximum absolute atomic E-state index is 10.8. The van der Waals surface area contributed by atoms with Gasteiger partial charge in [0.05, 0.1) is 0 Å². The van der Waals surface area contributed by atoms with E-state index in [1.165, 1.54) is 5.56 Å². The third-order valence-corrected chi connectivity index (χ3v) is 1.86. The summed E-state index contributed by atoms with van der Waals surface area (Å²) in [7, 11) is 0. The third kappa shape index (κ3) is 1.70. The van der Waals surface area contributed by atoms with Gasteiger partial charge < -0.3 is 4.98 Å². The first kappa shape index (κ1) is 8.05. The van der Waals surface area contributed by atoms with E-state index in [9.17, 15) is 4.79 Å². The van der Waals surface area contributed by atoms with Crippen LogP contribution in [0.25, 0.3) is 0 Å². The molecule has 1 aromatic rings. The maximum atomic E-state index is 10.8. The van der Waals surface area contributed by atoms with Crippen LogP contribution in [0, 0.1) is 13.8 Å². The average Bonchev–Trinajstić information content (AvgIpc) is 2.18. The van der Waals surface area contributed by atoms with Gasteiger partial charge >= 0.3 is 0 Å². The first-order chi connectivity index (χ1) is 5.11. The summed E-state index contributed by atoms with van der Waals surface area (Å²) in [5, 5.41) is 0. The van der Waals surface area contributed by atoms with Crippen molar-refractivity contribution in [1.82, 2.24) is 4.98 Å². The highest BCUT2D eigenvalue weighted by Crippen LogP contribution is 2.12. The molecule has 1 heterocycles. The van der Waals surface area contributed by atoms with E-state index in [0.717, 1.165) is 11.3 Å². The van der Waals surface area contributed by atoms with Gasteiger partial charge in [-0.2, -0.15) is 0 Å². The number of hydrogen-bond donors (Lipinski definition) is 1. The molecule has 0 amide bonds. The highest BCUT2D eigenvalue weighted by atomic mass is 16.1. The summed E-state index contributed by atoms with van der Waals surface area (Å²) in [5.74, 6) is 0.218. The first-order valence-corrected chi connectivity index (χ1v) is 3.74. The number of aryl methyl sites for hydroxylation is 2. The average molecular weight is 151 g/mol. The number of carbonyl (C=O) groups is 1. The van der Waals surface area contributed by atoms with Crippen molar-refractivity contribution >= 4 is 5.78 Å². The molecule has 2 nitrogen and oxygen atoms in total. The summed E-state index contributed by atoms with van der Waals surface area (Å²) in [6.45, 7) is 5.62. The SMILES string of the molecule is CC(=O)Cc1c(C)c[nH]c1C. The normalized spacial score (nSPS) is 10.1. The molecule has 1 N–H and O–H groups in total. The molecule has 0 aliphatic rings. The summed E-state index contributed by atoms with van der Waals surface area (Å²) in [6, 6.07) is 0. The van der Waals surface area contributed by atoms with Crippen molar-refractivity contribution in [3.05, 3.63) is 23.0 Å². The van der Waals surface area contributed by atoms with Crippen LogP contribution in [0.3, 0.4) is 0 Å². The molecular formula is C9H13NO. The van der Waals surface area contributed by atoms with E-state index in [1.807, 2.05) is 20.0 Å². The van der Waals surface area contributed by atoms with E-state index in [1.54, 1.807) is 6.92 Å². The summed E-state index contributed by atoms with van der Waals surface area (Å²) in [6.07, 6.45) is 2.49. The van der Waals surface area contributed by atoms with Crippen LogP contribution >= 0.6 is 0 Å². The fraction of sp³-hybridized carbons (Fsp3) is 0.444. The fourth-order valence-electron chi connectivity index (χ4n) is 1.21. The fourth-order valence-corrected chi connectivity index (χ4v) is 1.21. The second-order valence-electron chi connectivity index (χ2n) is 2.95. The van der Waals surface area contributed by atoms with Gasteiger partial charge in [0.15, 0.2) is 0 Å².